The van der Waals surface area contributed by atoms with Gasteiger partial charge in [0.15, 0.2) is 0 Å². The van der Waals surface area contributed by atoms with Gasteiger partial charge in [-0.25, -0.2) is 0 Å². The number of carbonyl (C=O) groups is 1. The first-order valence-corrected chi connectivity index (χ1v) is 8.29. The molecule has 2 aromatic carbocycles. The molecule has 1 aliphatic rings. The van der Waals surface area contributed by atoms with Crippen molar-refractivity contribution in [3.8, 4) is 11.1 Å². The molecule has 0 spiro atoms. The monoisotopic (exact) mass is 338 g/mol. The van der Waals surface area contributed by atoms with Crippen LogP contribution in [-0.4, -0.2) is 21.1 Å². The van der Waals surface area contributed by atoms with Gasteiger partial charge >= 0.3 is 0 Å². The van der Waals surface area contributed by atoms with E-state index in [0.717, 1.165) is 38.8 Å². The summed E-state index contributed by atoms with van der Waals surface area (Å²) < 4.78 is 0. The zero-order chi connectivity index (χ0) is 17.5. The Hall–Kier alpha value is -3.73. The van der Waals surface area contributed by atoms with Crippen LogP contribution in [0.2, 0.25) is 0 Å². The minimum absolute atomic E-state index is 0.0874. The molecule has 1 aliphatic heterocycles. The first-order valence-electron chi connectivity index (χ1n) is 8.29. The summed E-state index contributed by atoms with van der Waals surface area (Å²) in [4.78, 5) is 16.6. The molecule has 2 N–H and O–H groups in total. The molecule has 0 unspecified atom stereocenters. The fourth-order valence-electron chi connectivity index (χ4n) is 3.27. The number of H-pyrrole nitrogens is 1. The van der Waals surface area contributed by atoms with E-state index in [1.165, 1.54) is 0 Å². The minimum atomic E-state index is -0.0874. The summed E-state index contributed by atoms with van der Waals surface area (Å²) in [5.41, 5.74) is 6.39. The number of anilines is 1. The van der Waals surface area contributed by atoms with E-state index in [2.05, 4.69) is 20.5 Å². The van der Waals surface area contributed by atoms with Gasteiger partial charge in [0, 0.05) is 40.2 Å². The minimum Gasteiger partial charge on any atom is -0.321 e. The molecule has 4 aromatic rings. The second kappa shape index (κ2) is 5.67. The van der Waals surface area contributed by atoms with E-state index in [-0.39, 0.29) is 5.91 Å². The third-order valence-corrected chi connectivity index (χ3v) is 4.57. The zero-order valence-corrected chi connectivity index (χ0v) is 13.7. The number of rotatable bonds is 2. The van der Waals surface area contributed by atoms with E-state index >= 15 is 0 Å². The van der Waals surface area contributed by atoms with Crippen LogP contribution in [-0.2, 0) is 4.79 Å². The average molecular weight is 338 g/mol. The molecule has 5 rings (SSSR count). The molecule has 5 heteroatoms. The van der Waals surface area contributed by atoms with E-state index < -0.39 is 0 Å². The molecule has 0 bridgehead atoms. The van der Waals surface area contributed by atoms with Gasteiger partial charge < -0.3 is 5.32 Å². The summed E-state index contributed by atoms with van der Waals surface area (Å²) in [6.45, 7) is 0. The van der Waals surface area contributed by atoms with Crippen LogP contribution >= 0.6 is 0 Å². The first-order chi connectivity index (χ1) is 12.8. The largest absolute Gasteiger partial charge is 0.321 e. The fourth-order valence-corrected chi connectivity index (χ4v) is 3.27. The van der Waals surface area contributed by atoms with Crippen molar-refractivity contribution in [3.63, 3.8) is 0 Å². The lowest BCUT2D eigenvalue weighted by atomic mass is 10.00. The Bertz CT molecular complexity index is 1180. The number of hydrogen-bond donors (Lipinski definition) is 2. The van der Waals surface area contributed by atoms with Gasteiger partial charge in [-0.2, -0.15) is 5.10 Å². The topological polar surface area (TPSA) is 70.7 Å². The Morgan fingerprint density at radius 2 is 1.92 bits per heavy atom. The van der Waals surface area contributed by atoms with Crippen LogP contribution in [0, 0.1) is 0 Å². The highest BCUT2D eigenvalue weighted by molar-refractivity contribution is 6.35. The lowest BCUT2D eigenvalue weighted by Gasteiger charge is -2.04. The molecule has 0 radical (unpaired) electrons. The molecule has 0 saturated heterocycles. The summed E-state index contributed by atoms with van der Waals surface area (Å²) in [6, 6.07) is 15.9. The maximum Gasteiger partial charge on any atom is 0.256 e. The van der Waals surface area contributed by atoms with Crippen molar-refractivity contribution < 1.29 is 4.79 Å². The van der Waals surface area contributed by atoms with Gasteiger partial charge in [0.2, 0.25) is 0 Å². The van der Waals surface area contributed by atoms with Gasteiger partial charge in [0.05, 0.1) is 11.7 Å². The molecule has 0 saturated carbocycles. The van der Waals surface area contributed by atoms with E-state index in [1.54, 1.807) is 12.4 Å². The molecule has 0 atom stereocenters. The van der Waals surface area contributed by atoms with Crippen LogP contribution in [0.4, 0.5) is 5.69 Å². The lowest BCUT2D eigenvalue weighted by molar-refractivity contribution is -0.110. The predicted molar refractivity (Wildman–Crippen MR) is 102 cm³/mol. The van der Waals surface area contributed by atoms with Crippen molar-refractivity contribution in [2.45, 2.75) is 0 Å². The standard InChI is InChI=1S/C21H14N4O/c26-21-18(9-13-3-6-19-16(8-13)12-23-25-19)17-5-4-14(10-20(17)24-21)15-2-1-7-22-11-15/h1-12H,(H,23,25)(H,24,26)/b18-9+. The molecule has 0 aliphatic carbocycles. The maximum atomic E-state index is 12.5. The summed E-state index contributed by atoms with van der Waals surface area (Å²) in [5, 5.41) is 10.9. The van der Waals surface area contributed by atoms with E-state index in [0.29, 0.717) is 5.57 Å². The number of carbonyl (C=O) groups excluding carboxylic acids is 1. The number of amides is 1. The number of nitrogens with zero attached hydrogens (tertiary/aromatic N) is 2. The highest BCUT2D eigenvalue weighted by atomic mass is 16.2. The predicted octanol–water partition coefficient (Wildman–Crippen LogP) is 4.12. The number of aromatic amines is 1. The third-order valence-electron chi connectivity index (χ3n) is 4.57. The maximum absolute atomic E-state index is 12.5. The van der Waals surface area contributed by atoms with Gasteiger partial charge in [0.25, 0.3) is 5.91 Å². The van der Waals surface area contributed by atoms with Gasteiger partial charge in [-0.15, -0.1) is 0 Å². The number of pyridine rings is 1. The molecule has 2 aromatic heterocycles. The second-order valence-electron chi connectivity index (χ2n) is 6.23. The molecule has 26 heavy (non-hydrogen) atoms. The van der Waals surface area contributed by atoms with Gasteiger partial charge in [-0.05, 0) is 41.5 Å². The Kier molecular flexibility index (Phi) is 3.18. The van der Waals surface area contributed by atoms with Crippen LogP contribution in [0.1, 0.15) is 11.1 Å². The number of nitrogens with one attached hydrogen (secondary N) is 2. The average Bonchev–Trinajstić information content (AvgIpc) is 3.26. The molecular formula is C21H14N4O. The highest BCUT2D eigenvalue weighted by Crippen LogP contribution is 2.36. The summed E-state index contributed by atoms with van der Waals surface area (Å²) >= 11 is 0. The number of benzene rings is 2. The number of hydrogen-bond acceptors (Lipinski definition) is 3. The molecule has 0 fully saturated rings. The van der Waals surface area contributed by atoms with Crippen LogP contribution in [0.5, 0.6) is 0 Å². The zero-order valence-electron chi connectivity index (χ0n) is 13.7. The van der Waals surface area contributed by atoms with Crippen molar-refractivity contribution in [1.82, 2.24) is 15.2 Å². The fraction of sp³-hybridized carbons (Fsp3) is 0. The van der Waals surface area contributed by atoms with Gasteiger partial charge in [-0.1, -0.05) is 24.3 Å². The Morgan fingerprint density at radius 3 is 2.81 bits per heavy atom. The van der Waals surface area contributed by atoms with Crippen molar-refractivity contribution in [2.75, 3.05) is 5.32 Å². The smallest absolute Gasteiger partial charge is 0.256 e. The summed E-state index contributed by atoms with van der Waals surface area (Å²) in [6.07, 6.45) is 7.25. The van der Waals surface area contributed by atoms with Crippen LogP contribution in [0.15, 0.2) is 67.1 Å². The third kappa shape index (κ3) is 2.38. The number of fused-ring (bicyclic) bond motifs is 2. The molecule has 1 amide bonds. The van der Waals surface area contributed by atoms with E-state index in [4.69, 9.17) is 0 Å². The first kappa shape index (κ1) is 14.6. The quantitative estimate of drug-likeness (QED) is 0.540. The Balaban J connectivity index is 1.57. The second-order valence-corrected chi connectivity index (χ2v) is 6.23. The van der Waals surface area contributed by atoms with Gasteiger partial charge in [-0.3, -0.25) is 14.9 Å². The molecule has 3 heterocycles. The lowest BCUT2D eigenvalue weighted by Crippen LogP contribution is -2.03. The van der Waals surface area contributed by atoms with E-state index in [1.807, 2.05) is 60.8 Å². The summed E-state index contributed by atoms with van der Waals surface area (Å²) in [5.74, 6) is -0.0874. The van der Waals surface area contributed by atoms with Gasteiger partial charge in [0.1, 0.15) is 0 Å². The molecule has 5 nitrogen and oxygen atoms in total. The molecule has 124 valence electrons. The SMILES string of the molecule is O=C1Nc2cc(-c3cccnc3)ccc2/C1=C\c1ccc2[nH]ncc2c1. The summed E-state index contributed by atoms with van der Waals surface area (Å²) in [7, 11) is 0. The van der Waals surface area contributed by atoms with Crippen LogP contribution in [0.25, 0.3) is 33.7 Å². The van der Waals surface area contributed by atoms with Crippen LogP contribution in [0.3, 0.4) is 0 Å². The van der Waals surface area contributed by atoms with Crippen molar-refractivity contribution in [1.29, 1.82) is 0 Å². The number of aromatic nitrogens is 3. The van der Waals surface area contributed by atoms with Crippen molar-refractivity contribution >= 4 is 34.1 Å². The Morgan fingerprint density at radius 1 is 0.962 bits per heavy atom. The van der Waals surface area contributed by atoms with Crippen molar-refractivity contribution in [3.05, 3.63) is 78.2 Å². The van der Waals surface area contributed by atoms with Crippen LogP contribution < -0.4 is 5.32 Å². The Labute approximate surface area is 149 Å². The molecular weight excluding hydrogens is 324 g/mol. The van der Waals surface area contributed by atoms with E-state index in [9.17, 15) is 4.79 Å². The normalized spacial score (nSPS) is 14.6. The highest BCUT2D eigenvalue weighted by Gasteiger charge is 2.24. The van der Waals surface area contributed by atoms with Crippen molar-refractivity contribution in [2.24, 2.45) is 0 Å².